The summed E-state index contributed by atoms with van der Waals surface area (Å²) in [6.45, 7) is 0. The molecule has 0 bridgehead atoms. The Labute approximate surface area is 105 Å². The van der Waals surface area contributed by atoms with Crippen LogP contribution in [-0.4, -0.2) is 14.9 Å². The number of thiocarbonyl (C=S) groups is 1. The molecule has 1 aliphatic rings. The third-order valence-corrected chi connectivity index (χ3v) is 2.96. The lowest BCUT2D eigenvalue weighted by atomic mass is 10.3. The van der Waals surface area contributed by atoms with Gasteiger partial charge in [0.25, 0.3) is 0 Å². The maximum atomic E-state index is 4.68. The van der Waals surface area contributed by atoms with E-state index in [1.165, 1.54) is 12.8 Å². The number of rotatable bonds is 3. The Morgan fingerprint density at radius 2 is 2.06 bits per heavy atom. The molecule has 0 spiro atoms. The Morgan fingerprint density at radius 3 is 2.71 bits per heavy atom. The van der Waals surface area contributed by atoms with Crippen LogP contribution in [0.4, 0.5) is 5.82 Å². The van der Waals surface area contributed by atoms with Crippen molar-refractivity contribution in [1.29, 1.82) is 0 Å². The van der Waals surface area contributed by atoms with E-state index in [1.807, 2.05) is 41.1 Å². The molecule has 1 aromatic heterocycles. The standard InChI is InChI=1S/C13H11N3S/c17-9-14-13-8-12(10-6-7-10)15-16(13)11-4-2-1-3-5-11/h1-5,8,10H,6-7H2. The minimum Gasteiger partial charge on any atom is -0.214 e. The number of benzene rings is 1. The smallest absolute Gasteiger partial charge is 0.166 e. The predicted molar refractivity (Wildman–Crippen MR) is 70.2 cm³/mol. The summed E-state index contributed by atoms with van der Waals surface area (Å²) in [6.07, 6.45) is 2.46. The fourth-order valence-electron chi connectivity index (χ4n) is 1.85. The average molecular weight is 241 g/mol. The predicted octanol–water partition coefficient (Wildman–Crippen LogP) is 3.48. The number of isothiocyanates is 1. The highest BCUT2D eigenvalue weighted by Crippen LogP contribution is 2.40. The Kier molecular flexibility index (Phi) is 2.59. The third kappa shape index (κ3) is 2.05. The first-order chi connectivity index (χ1) is 8.38. The summed E-state index contributed by atoms with van der Waals surface area (Å²) in [5.74, 6) is 1.37. The van der Waals surface area contributed by atoms with Crippen LogP contribution in [0.1, 0.15) is 24.5 Å². The van der Waals surface area contributed by atoms with E-state index >= 15 is 0 Å². The van der Waals surface area contributed by atoms with Crippen molar-refractivity contribution in [2.75, 3.05) is 0 Å². The van der Waals surface area contributed by atoms with Crippen LogP contribution in [0.5, 0.6) is 0 Å². The topological polar surface area (TPSA) is 30.2 Å². The SMILES string of the molecule is S=C=Nc1cc(C2CC2)nn1-c1ccccc1. The van der Waals surface area contributed by atoms with Crippen LogP contribution in [0.15, 0.2) is 41.4 Å². The molecular weight excluding hydrogens is 230 g/mol. The number of nitrogens with zero attached hydrogens (tertiary/aromatic N) is 3. The highest BCUT2D eigenvalue weighted by atomic mass is 32.1. The van der Waals surface area contributed by atoms with Crippen molar-refractivity contribution in [1.82, 2.24) is 9.78 Å². The van der Waals surface area contributed by atoms with E-state index in [0.29, 0.717) is 5.92 Å². The van der Waals surface area contributed by atoms with Crippen LogP contribution in [-0.2, 0) is 0 Å². The largest absolute Gasteiger partial charge is 0.214 e. The zero-order chi connectivity index (χ0) is 11.7. The molecule has 0 aliphatic heterocycles. The van der Waals surface area contributed by atoms with Gasteiger partial charge in [-0.05, 0) is 37.2 Å². The van der Waals surface area contributed by atoms with Gasteiger partial charge >= 0.3 is 0 Å². The first-order valence-electron chi connectivity index (χ1n) is 5.62. The van der Waals surface area contributed by atoms with Crippen LogP contribution in [0.3, 0.4) is 0 Å². The summed E-state index contributed by atoms with van der Waals surface area (Å²) >= 11 is 4.68. The van der Waals surface area contributed by atoms with Gasteiger partial charge in [0.2, 0.25) is 0 Å². The number of para-hydroxylation sites is 1. The van der Waals surface area contributed by atoms with Crippen LogP contribution in [0.25, 0.3) is 5.69 Å². The van der Waals surface area contributed by atoms with Crippen molar-refractivity contribution in [3.05, 3.63) is 42.1 Å². The highest BCUT2D eigenvalue weighted by molar-refractivity contribution is 7.78. The highest BCUT2D eigenvalue weighted by Gasteiger charge is 2.27. The lowest BCUT2D eigenvalue weighted by molar-refractivity contribution is 0.839. The van der Waals surface area contributed by atoms with E-state index in [0.717, 1.165) is 17.2 Å². The van der Waals surface area contributed by atoms with Crippen LogP contribution >= 0.6 is 12.2 Å². The zero-order valence-corrected chi connectivity index (χ0v) is 10.0. The molecule has 1 fully saturated rings. The quantitative estimate of drug-likeness (QED) is 0.608. The maximum Gasteiger partial charge on any atom is 0.166 e. The number of aromatic nitrogens is 2. The second kappa shape index (κ2) is 4.24. The molecule has 1 aliphatic carbocycles. The van der Waals surface area contributed by atoms with Gasteiger partial charge in [-0.1, -0.05) is 18.2 Å². The minimum atomic E-state index is 0.610. The molecule has 17 heavy (non-hydrogen) atoms. The summed E-state index contributed by atoms with van der Waals surface area (Å²) in [6, 6.07) is 12.0. The van der Waals surface area contributed by atoms with Gasteiger partial charge in [0.15, 0.2) is 5.82 Å². The number of aliphatic imine (C=N–C) groups is 1. The Morgan fingerprint density at radius 1 is 1.29 bits per heavy atom. The Bertz CT molecular complexity index is 578. The summed E-state index contributed by atoms with van der Waals surface area (Å²) in [7, 11) is 0. The molecule has 0 N–H and O–H groups in total. The summed E-state index contributed by atoms with van der Waals surface area (Å²) < 4.78 is 1.83. The van der Waals surface area contributed by atoms with Gasteiger partial charge in [-0.3, -0.25) is 0 Å². The van der Waals surface area contributed by atoms with Crippen LogP contribution in [0.2, 0.25) is 0 Å². The lowest BCUT2D eigenvalue weighted by Crippen LogP contribution is -1.96. The van der Waals surface area contributed by atoms with Crippen LogP contribution in [0, 0.1) is 0 Å². The van der Waals surface area contributed by atoms with Crippen molar-refractivity contribution >= 4 is 23.2 Å². The van der Waals surface area contributed by atoms with E-state index in [1.54, 1.807) is 0 Å². The molecule has 0 saturated heterocycles. The monoisotopic (exact) mass is 241 g/mol. The van der Waals surface area contributed by atoms with E-state index in [2.05, 4.69) is 27.5 Å². The molecule has 84 valence electrons. The molecule has 2 aromatic rings. The van der Waals surface area contributed by atoms with Gasteiger partial charge < -0.3 is 0 Å². The molecule has 1 aromatic carbocycles. The normalized spacial score (nSPS) is 14.4. The maximum absolute atomic E-state index is 4.68. The summed E-state index contributed by atoms with van der Waals surface area (Å²) in [4.78, 5) is 4.08. The van der Waals surface area contributed by atoms with Crippen LogP contribution < -0.4 is 0 Å². The minimum absolute atomic E-state index is 0.610. The van der Waals surface area contributed by atoms with Crippen molar-refractivity contribution in [3.63, 3.8) is 0 Å². The van der Waals surface area contributed by atoms with Crippen molar-refractivity contribution < 1.29 is 0 Å². The van der Waals surface area contributed by atoms with E-state index in [-0.39, 0.29) is 0 Å². The van der Waals surface area contributed by atoms with Gasteiger partial charge in [-0.15, -0.1) is 0 Å². The molecule has 1 saturated carbocycles. The van der Waals surface area contributed by atoms with E-state index in [9.17, 15) is 0 Å². The average Bonchev–Trinajstić information content (AvgIpc) is 3.13. The fraction of sp³-hybridized carbons (Fsp3) is 0.231. The second-order valence-corrected chi connectivity index (χ2v) is 4.33. The van der Waals surface area contributed by atoms with Gasteiger partial charge in [0.1, 0.15) is 0 Å². The molecule has 0 atom stereocenters. The molecule has 3 nitrogen and oxygen atoms in total. The molecule has 0 radical (unpaired) electrons. The van der Waals surface area contributed by atoms with Crippen molar-refractivity contribution in [2.24, 2.45) is 4.99 Å². The first kappa shape index (κ1) is 10.4. The molecular formula is C13H11N3S. The first-order valence-corrected chi connectivity index (χ1v) is 6.02. The van der Waals surface area contributed by atoms with Gasteiger partial charge in [-0.2, -0.15) is 10.1 Å². The molecule has 1 heterocycles. The van der Waals surface area contributed by atoms with Crippen molar-refractivity contribution in [3.8, 4) is 5.69 Å². The third-order valence-electron chi connectivity index (χ3n) is 2.87. The number of hydrogen-bond acceptors (Lipinski definition) is 3. The van der Waals surface area contributed by atoms with Gasteiger partial charge in [-0.25, -0.2) is 4.68 Å². The fourth-order valence-corrected chi connectivity index (χ4v) is 1.95. The Balaban J connectivity index is 2.10. The molecule has 3 rings (SSSR count). The molecule has 4 heteroatoms. The van der Waals surface area contributed by atoms with E-state index in [4.69, 9.17) is 0 Å². The summed E-state index contributed by atoms with van der Waals surface area (Å²) in [5.41, 5.74) is 2.11. The van der Waals surface area contributed by atoms with Gasteiger partial charge in [0, 0.05) is 12.0 Å². The number of hydrogen-bond donors (Lipinski definition) is 0. The summed E-state index contributed by atoms with van der Waals surface area (Å²) in [5, 5.41) is 7.01. The van der Waals surface area contributed by atoms with Crippen molar-refractivity contribution in [2.45, 2.75) is 18.8 Å². The molecule has 0 amide bonds. The Hall–Kier alpha value is -1.77. The van der Waals surface area contributed by atoms with Gasteiger partial charge in [0.05, 0.1) is 16.5 Å². The molecule has 0 unspecified atom stereocenters. The second-order valence-electron chi connectivity index (χ2n) is 4.15. The van der Waals surface area contributed by atoms with E-state index < -0.39 is 0 Å². The zero-order valence-electron chi connectivity index (χ0n) is 9.21. The lowest BCUT2D eigenvalue weighted by Gasteiger charge is -2.01.